The fourth-order valence-corrected chi connectivity index (χ4v) is 2.53. The van der Waals surface area contributed by atoms with Gasteiger partial charge in [-0.1, -0.05) is 36.4 Å². The summed E-state index contributed by atoms with van der Waals surface area (Å²) in [7, 11) is 0. The number of ether oxygens (including phenoxy) is 1. The van der Waals surface area contributed by atoms with Crippen molar-refractivity contribution in [1.82, 2.24) is 5.32 Å². The Morgan fingerprint density at radius 2 is 2.10 bits per heavy atom. The van der Waals surface area contributed by atoms with Crippen molar-refractivity contribution < 1.29 is 9.53 Å². The number of nitrogens with one attached hydrogen (secondary N) is 2. The van der Waals surface area contributed by atoms with Crippen LogP contribution >= 0.6 is 0 Å². The fraction of sp³-hybridized carbons (Fsp3) is 0.312. The topological polar surface area (TPSA) is 50.4 Å². The number of fused-ring (bicyclic) bond motifs is 1. The van der Waals surface area contributed by atoms with Crippen molar-refractivity contribution >= 4 is 22.6 Å². The first-order chi connectivity index (χ1) is 9.83. The largest absolute Gasteiger partial charge is 0.449 e. The summed E-state index contributed by atoms with van der Waals surface area (Å²) < 4.78 is 5.29. The molecule has 1 saturated heterocycles. The molecule has 2 N–H and O–H groups in total. The highest BCUT2D eigenvalue weighted by Crippen LogP contribution is 2.23. The summed E-state index contributed by atoms with van der Waals surface area (Å²) in [6.45, 7) is 2.42. The zero-order valence-electron chi connectivity index (χ0n) is 11.3. The molecule has 3 rings (SSSR count). The average Bonchev–Trinajstić information content (AvgIpc) is 2.99. The first-order valence-corrected chi connectivity index (χ1v) is 6.95. The zero-order chi connectivity index (χ0) is 13.8. The molecule has 4 nitrogen and oxygen atoms in total. The number of benzene rings is 2. The third-order valence-corrected chi connectivity index (χ3v) is 3.64. The molecule has 1 fully saturated rings. The molecule has 1 aliphatic heterocycles. The van der Waals surface area contributed by atoms with Gasteiger partial charge < -0.3 is 10.1 Å². The molecule has 0 radical (unpaired) electrons. The summed E-state index contributed by atoms with van der Waals surface area (Å²) in [6.07, 6.45) is 0.690. The van der Waals surface area contributed by atoms with E-state index in [-0.39, 0.29) is 6.09 Å². The van der Waals surface area contributed by atoms with E-state index in [0.29, 0.717) is 12.5 Å². The van der Waals surface area contributed by atoms with Crippen LogP contribution in [0.3, 0.4) is 0 Å². The zero-order valence-corrected chi connectivity index (χ0v) is 11.3. The summed E-state index contributed by atoms with van der Waals surface area (Å²) >= 11 is 0. The van der Waals surface area contributed by atoms with E-state index >= 15 is 0 Å². The number of anilines is 1. The third-order valence-electron chi connectivity index (χ3n) is 3.64. The van der Waals surface area contributed by atoms with Crippen LogP contribution < -0.4 is 10.6 Å². The second-order valence-corrected chi connectivity index (χ2v) is 5.11. The van der Waals surface area contributed by atoms with Gasteiger partial charge in [-0.25, -0.2) is 4.79 Å². The van der Waals surface area contributed by atoms with E-state index in [1.54, 1.807) is 0 Å². The lowest BCUT2D eigenvalue weighted by Crippen LogP contribution is -2.20. The Hall–Kier alpha value is -2.07. The Bertz CT molecular complexity index is 601. The smallest absolute Gasteiger partial charge is 0.411 e. The van der Waals surface area contributed by atoms with E-state index in [2.05, 4.69) is 10.6 Å². The number of amides is 1. The van der Waals surface area contributed by atoms with Crippen LogP contribution in [0.4, 0.5) is 10.5 Å². The molecule has 20 heavy (non-hydrogen) atoms. The summed E-state index contributed by atoms with van der Waals surface area (Å²) in [4.78, 5) is 11.9. The lowest BCUT2D eigenvalue weighted by atomic mass is 10.1. The average molecular weight is 270 g/mol. The van der Waals surface area contributed by atoms with Crippen molar-refractivity contribution in [3.8, 4) is 0 Å². The first kappa shape index (κ1) is 12.9. The van der Waals surface area contributed by atoms with Gasteiger partial charge in [0.2, 0.25) is 0 Å². The van der Waals surface area contributed by atoms with E-state index in [1.165, 1.54) is 0 Å². The maximum atomic E-state index is 11.9. The molecule has 0 aliphatic carbocycles. The van der Waals surface area contributed by atoms with Crippen LogP contribution in [0.25, 0.3) is 10.8 Å². The molecule has 0 spiro atoms. The van der Waals surface area contributed by atoms with Crippen LogP contribution in [0.1, 0.15) is 6.42 Å². The fourth-order valence-electron chi connectivity index (χ4n) is 2.53. The SMILES string of the molecule is O=C(Nc1cccc2ccccc12)OCC1CCNC1. The molecule has 0 aromatic heterocycles. The van der Waals surface area contributed by atoms with Gasteiger partial charge in [-0.2, -0.15) is 0 Å². The molecule has 1 amide bonds. The van der Waals surface area contributed by atoms with Crippen LogP contribution in [-0.4, -0.2) is 25.8 Å². The van der Waals surface area contributed by atoms with Gasteiger partial charge in [0.05, 0.1) is 12.3 Å². The summed E-state index contributed by atoms with van der Waals surface area (Å²) in [5.74, 6) is 0.438. The van der Waals surface area contributed by atoms with Gasteiger partial charge in [0.1, 0.15) is 0 Å². The predicted octanol–water partition coefficient (Wildman–Crippen LogP) is 3.00. The minimum absolute atomic E-state index is 0.381. The predicted molar refractivity (Wildman–Crippen MR) is 79.9 cm³/mol. The molecule has 1 atom stereocenters. The van der Waals surface area contributed by atoms with E-state index in [4.69, 9.17) is 4.74 Å². The Kier molecular flexibility index (Phi) is 3.83. The van der Waals surface area contributed by atoms with Crippen molar-refractivity contribution in [1.29, 1.82) is 0 Å². The second-order valence-electron chi connectivity index (χ2n) is 5.11. The van der Waals surface area contributed by atoms with E-state index < -0.39 is 0 Å². The highest BCUT2D eigenvalue weighted by Gasteiger charge is 2.16. The van der Waals surface area contributed by atoms with Gasteiger partial charge in [0, 0.05) is 17.8 Å². The molecule has 1 aliphatic rings. The van der Waals surface area contributed by atoms with Crippen LogP contribution in [0, 0.1) is 5.92 Å². The molecule has 4 heteroatoms. The van der Waals surface area contributed by atoms with E-state index in [9.17, 15) is 4.79 Å². The molecule has 0 saturated carbocycles. The van der Waals surface area contributed by atoms with Crippen LogP contribution in [-0.2, 0) is 4.74 Å². The van der Waals surface area contributed by atoms with Crippen molar-refractivity contribution in [2.45, 2.75) is 6.42 Å². The standard InChI is InChI=1S/C16H18N2O2/c19-16(20-11-12-8-9-17-10-12)18-15-7-3-5-13-4-1-2-6-14(13)15/h1-7,12,17H,8-11H2,(H,18,19). The molecule has 2 aromatic rings. The maximum absolute atomic E-state index is 11.9. The summed E-state index contributed by atoms with van der Waals surface area (Å²) in [6, 6.07) is 13.8. The molecular weight excluding hydrogens is 252 g/mol. The van der Waals surface area contributed by atoms with Gasteiger partial charge in [-0.3, -0.25) is 5.32 Å². The highest BCUT2D eigenvalue weighted by atomic mass is 16.5. The van der Waals surface area contributed by atoms with E-state index in [1.807, 2.05) is 42.5 Å². The van der Waals surface area contributed by atoms with Crippen LogP contribution in [0.2, 0.25) is 0 Å². The Labute approximate surface area is 118 Å². The Morgan fingerprint density at radius 3 is 2.95 bits per heavy atom. The number of hydrogen-bond donors (Lipinski definition) is 2. The summed E-state index contributed by atoms with van der Waals surface area (Å²) in [5, 5.41) is 8.21. The second kappa shape index (κ2) is 5.92. The minimum atomic E-state index is -0.381. The Morgan fingerprint density at radius 1 is 1.25 bits per heavy atom. The molecular formula is C16H18N2O2. The van der Waals surface area contributed by atoms with Gasteiger partial charge >= 0.3 is 6.09 Å². The van der Waals surface area contributed by atoms with Crippen molar-refractivity contribution in [3.63, 3.8) is 0 Å². The quantitative estimate of drug-likeness (QED) is 0.901. The molecule has 0 bridgehead atoms. The Balaban J connectivity index is 1.65. The lowest BCUT2D eigenvalue weighted by Gasteiger charge is -2.12. The molecule has 1 heterocycles. The van der Waals surface area contributed by atoms with Crippen LogP contribution in [0.5, 0.6) is 0 Å². The number of rotatable bonds is 3. The minimum Gasteiger partial charge on any atom is -0.449 e. The van der Waals surface area contributed by atoms with E-state index in [0.717, 1.165) is 36.0 Å². The number of carbonyl (C=O) groups is 1. The highest BCUT2D eigenvalue weighted by molar-refractivity contribution is 6.00. The van der Waals surface area contributed by atoms with Crippen molar-refractivity contribution in [2.24, 2.45) is 5.92 Å². The van der Waals surface area contributed by atoms with Gasteiger partial charge in [0.25, 0.3) is 0 Å². The van der Waals surface area contributed by atoms with Crippen molar-refractivity contribution in [3.05, 3.63) is 42.5 Å². The monoisotopic (exact) mass is 270 g/mol. The number of carbonyl (C=O) groups excluding carboxylic acids is 1. The normalized spacial score (nSPS) is 18.1. The first-order valence-electron chi connectivity index (χ1n) is 6.95. The van der Waals surface area contributed by atoms with Gasteiger partial charge in [-0.15, -0.1) is 0 Å². The number of hydrogen-bond acceptors (Lipinski definition) is 3. The van der Waals surface area contributed by atoms with Gasteiger partial charge in [0.15, 0.2) is 0 Å². The molecule has 1 unspecified atom stereocenters. The third kappa shape index (κ3) is 2.91. The molecule has 2 aromatic carbocycles. The maximum Gasteiger partial charge on any atom is 0.411 e. The van der Waals surface area contributed by atoms with Crippen LogP contribution in [0.15, 0.2) is 42.5 Å². The lowest BCUT2D eigenvalue weighted by molar-refractivity contribution is 0.144. The van der Waals surface area contributed by atoms with Crippen molar-refractivity contribution in [2.75, 3.05) is 25.0 Å². The molecule has 104 valence electrons. The van der Waals surface area contributed by atoms with Gasteiger partial charge in [-0.05, 0) is 24.4 Å². The summed E-state index contributed by atoms with van der Waals surface area (Å²) in [5.41, 5.74) is 0.789.